The van der Waals surface area contributed by atoms with Crippen LogP contribution >= 0.6 is 0 Å². The molecule has 0 saturated carbocycles. The number of rotatable bonds is 5. The van der Waals surface area contributed by atoms with Crippen LogP contribution in [0.5, 0.6) is 5.75 Å². The summed E-state index contributed by atoms with van der Waals surface area (Å²) in [5.41, 5.74) is 4.42. The van der Waals surface area contributed by atoms with Crippen LogP contribution in [0.25, 0.3) is 22.5 Å². The molecule has 172 valence electrons. The molecular weight excluding hydrogens is 428 g/mol. The lowest BCUT2D eigenvalue weighted by Crippen LogP contribution is -2.47. The summed E-state index contributed by atoms with van der Waals surface area (Å²) in [4.78, 5) is 27.8. The first kappa shape index (κ1) is 21.8. The lowest BCUT2D eigenvalue weighted by Gasteiger charge is -2.35. The van der Waals surface area contributed by atoms with E-state index in [-0.39, 0.29) is 11.6 Å². The van der Waals surface area contributed by atoms with E-state index in [1.165, 1.54) is 18.0 Å². The third-order valence-corrected chi connectivity index (χ3v) is 6.14. The Morgan fingerprint density at radius 2 is 1.88 bits per heavy atom. The van der Waals surface area contributed by atoms with Crippen molar-refractivity contribution in [3.05, 3.63) is 89.1 Å². The predicted molar refractivity (Wildman–Crippen MR) is 132 cm³/mol. The van der Waals surface area contributed by atoms with E-state index in [9.17, 15) is 4.79 Å². The molecule has 5 rings (SSSR count). The average Bonchev–Trinajstić information content (AvgIpc) is 2.91. The average molecular weight is 455 g/mol. The van der Waals surface area contributed by atoms with Gasteiger partial charge in [0.05, 0.1) is 18.5 Å². The zero-order valence-corrected chi connectivity index (χ0v) is 19.2. The van der Waals surface area contributed by atoms with Crippen LogP contribution in [-0.2, 0) is 7.05 Å². The predicted octanol–water partition coefficient (Wildman–Crippen LogP) is 3.06. The summed E-state index contributed by atoms with van der Waals surface area (Å²) in [6.45, 7) is 2.23. The first-order valence-corrected chi connectivity index (χ1v) is 11.2. The molecule has 1 fully saturated rings. The van der Waals surface area contributed by atoms with E-state index in [0.29, 0.717) is 23.9 Å². The maximum atomic E-state index is 12.7. The molecular formula is C26H26N6O2. The van der Waals surface area contributed by atoms with E-state index in [4.69, 9.17) is 9.72 Å². The maximum absolute atomic E-state index is 12.7. The fourth-order valence-electron chi connectivity index (χ4n) is 4.32. The van der Waals surface area contributed by atoms with E-state index in [1.807, 2.05) is 18.2 Å². The third kappa shape index (κ3) is 4.27. The summed E-state index contributed by atoms with van der Waals surface area (Å²) in [6.07, 6.45) is 3.11. The number of nitrogens with one attached hydrogen (secondary N) is 1. The Balaban J connectivity index is 1.40. The van der Waals surface area contributed by atoms with Crippen molar-refractivity contribution in [3.63, 3.8) is 0 Å². The van der Waals surface area contributed by atoms with Crippen molar-refractivity contribution in [2.24, 2.45) is 7.05 Å². The van der Waals surface area contributed by atoms with Crippen LogP contribution in [0.4, 0.5) is 5.95 Å². The number of anilines is 1. The van der Waals surface area contributed by atoms with Gasteiger partial charge < -0.3 is 15.0 Å². The second kappa shape index (κ2) is 9.44. The fraction of sp³-hybridized carbons (Fsp3) is 0.231. The number of methoxy groups -OCH3 is 1. The van der Waals surface area contributed by atoms with Crippen LogP contribution in [-0.4, -0.2) is 46.3 Å². The van der Waals surface area contributed by atoms with Crippen molar-refractivity contribution < 1.29 is 4.74 Å². The molecule has 0 aliphatic carbocycles. The van der Waals surface area contributed by atoms with Crippen molar-refractivity contribution in [1.29, 1.82) is 0 Å². The van der Waals surface area contributed by atoms with E-state index in [0.717, 1.165) is 30.0 Å². The first-order valence-electron chi connectivity index (χ1n) is 11.2. The number of nitrogens with zero attached hydrogens (tertiary/aromatic N) is 5. The van der Waals surface area contributed by atoms with Crippen LogP contribution in [0, 0.1) is 0 Å². The molecule has 1 N–H and O–H groups in total. The van der Waals surface area contributed by atoms with E-state index in [2.05, 4.69) is 50.5 Å². The molecule has 8 nitrogen and oxygen atoms in total. The van der Waals surface area contributed by atoms with Gasteiger partial charge in [0.2, 0.25) is 5.95 Å². The van der Waals surface area contributed by atoms with Gasteiger partial charge in [-0.2, -0.15) is 0 Å². The van der Waals surface area contributed by atoms with Crippen molar-refractivity contribution in [3.8, 4) is 28.3 Å². The summed E-state index contributed by atoms with van der Waals surface area (Å²) >= 11 is 0. The van der Waals surface area contributed by atoms with Crippen molar-refractivity contribution >= 4 is 5.95 Å². The van der Waals surface area contributed by atoms with Gasteiger partial charge in [-0.05, 0) is 23.3 Å². The molecule has 1 aliphatic rings. The highest BCUT2D eigenvalue weighted by Crippen LogP contribution is 2.31. The number of ether oxygens (including phenoxy) is 1. The zero-order chi connectivity index (χ0) is 23.5. The van der Waals surface area contributed by atoms with Gasteiger partial charge in [0.25, 0.3) is 5.56 Å². The summed E-state index contributed by atoms with van der Waals surface area (Å²) in [6, 6.07) is 19.9. The Morgan fingerprint density at radius 3 is 2.65 bits per heavy atom. The minimum absolute atomic E-state index is 0.111. The van der Waals surface area contributed by atoms with Gasteiger partial charge >= 0.3 is 0 Å². The molecule has 0 spiro atoms. The molecule has 1 aliphatic heterocycles. The first-order chi connectivity index (χ1) is 16.6. The van der Waals surface area contributed by atoms with E-state index >= 15 is 0 Å². The molecule has 4 aromatic rings. The largest absolute Gasteiger partial charge is 0.496 e. The summed E-state index contributed by atoms with van der Waals surface area (Å²) < 4.78 is 7.11. The van der Waals surface area contributed by atoms with E-state index < -0.39 is 0 Å². The number of hydrogen-bond donors (Lipinski definition) is 1. The number of benzene rings is 2. The molecule has 0 radical (unpaired) electrons. The van der Waals surface area contributed by atoms with Crippen molar-refractivity contribution in [2.75, 3.05) is 31.6 Å². The van der Waals surface area contributed by atoms with Crippen LogP contribution in [0.3, 0.4) is 0 Å². The van der Waals surface area contributed by atoms with Crippen LogP contribution < -0.4 is 20.5 Å². The molecule has 1 saturated heterocycles. The maximum Gasteiger partial charge on any atom is 0.255 e. The van der Waals surface area contributed by atoms with Crippen molar-refractivity contribution in [1.82, 2.24) is 24.8 Å². The highest BCUT2D eigenvalue weighted by molar-refractivity contribution is 5.70. The Labute approximate surface area is 197 Å². The van der Waals surface area contributed by atoms with Gasteiger partial charge in [-0.1, -0.05) is 42.5 Å². The van der Waals surface area contributed by atoms with Gasteiger partial charge in [-0.25, -0.2) is 15.0 Å². The Hall–Kier alpha value is -4.04. The number of para-hydroxylation sites is 1. The molecule has 34 heavy (non-hydrogen) atoms. The molecule has 2 aromatic heterocycles. The summed E-state index contributed by atoms with van der Waals surface area (Å²) in [5.74, 6) is 1.49. The molecule has 8 heteroatoms. The Kier molecular flexibility index (Phi) is 6.05. The lowest BCUT2D eigenvalue weighted by molar-refractivity contribution is 0.416. The lowest BCUT2D eigenvalue weighted by atomic mass is 9.99. The quantitative estimate of drug-likeness (QED) is 0.496. The van der Waals surface area contributed by atoms with Gasteiger partial charge in [0, 0.05) is 50.6 Å². The standard InChI is InChI=1S/C26H26N6O2/c1-31-25(33)15-22(21-11-12-27-17-29-21)30-26(31)32-14-13-28-23(16-32)19-9-7-18(8-10-19)20-5-3-4-6-24(20)34-2/h3-12,15,17,23,28H,13-14,16H2,1-2H3. The zero-order valence-electron chi connectivity index (χ0n) is 19.2. The van der Waals surface area contributed by atoms with Gasteiger partial charge in [0.15, 0.2) is 0 Å². The van der Waals surface area contributed by atoms with Crippen LogP contribution in [0.1, 0.15) is 11.6 Å². The molecule has 3 heterocycles. The Bertz CT molecular complexity index is 1340. The highest BCUT2D eigenvalue weighted by atomic mass is 16.5. The topological polar surface area (TPSA) is 85.2 Å². The number of hydrogen-bond acceptors (Lipinski definition) is 7. The minimum Gasteiger partial charge on any atom is -0.496 e. The summed E-state index contributed by atoms with van der Waals surface area (Å²) in [7, 11) is 3.45. The molecule has 0 bridgehead atoms. The molecule has 1 atom stereocenters. The second-order valence-electron chi connectivity index (χ2n) is 8.21. The molecule has 2 aromatic carbocycles. The minimum atomic E-state index is -0.116. The monoisotopic (exact) mass is 454 g/mol. The van der Waals surface area contributed by atoms with Gasteiger partial charge in [-0.3, -0.25) is 9.36 Å². The Morgan fingerprint density at radius 1 is 1.06 bits per heavy atom. The van der Waals surface area contributed by atoms with Gasteiger partial charge in [0.1, 0.15) is 12.1 Å². The van der Waals surface area contributed by atoms with Gasteiger partial charge in [-0.15, -0.1) is 0 Å². The molecule has 1 unspecified atom stereocenters. The van der Waals surface area contributed by atoms with Crippen LogP contribution in [0.15, 0.2) is 78.0 Å². The number of aromatic nitrogens is 4. The molecule has 0 amide bonds. The fourth-order valence-corrected chi connectivity index (χ4v) is 4.32. The number of piperazine rings is 1. The summed E-state index contributed by atoms with van der Waals surface area (Å²) in [5, 5.41) is 3.60. The third-order valence-electron chi connectivity index (χ3n) is 6.14. The second-order valence-corrected chi connectivity index (χ2v) is 8.21. The highest BCUT2D eigenvalue weighted by Gasteiger charge is 2.24. The SMILES string of the molecule is COc1ccccc1-c1ccc(C2CN(c3nc(-c4ccncn4)cc(=O)n3C)CCN2)cc1. The van der Waals surface area contributed by atoms with Crippen molar-refractivity contribution in [2.45, 2.75) is 6.04 Å². The van der Waals surface area contributed by atoms with E-state index in [1.54, 1.807) is 31.0 Å². The van der Waals surface area contributed by atoms with Crippen LogP contribution in [0.2, 0.25) is 0 Å². The smallest absolute Gasteiger partial charge is 0.255 e. The normalized spacial score (nSPS) is 15.8.